The molecule has 7 nitrogen and oxygen atoms in total. The Hall–Kier alpha value is -3.09. The van der Waals surface area contributed by atoms with Crippen molar-refractivity contribution in [1.29, 1.82) is 0 Å². The largest absolute Gasteiger partial charge is 0.442 e. The Morgan fingerprint density at radius 2 is 1.81 bits per heavy atom. The lowest BCUT2D eigenvalue weighted by atomic mass is 9.90. The van der Waals surface area contributed by atoms with Crippen LogP contribution in [0.5, 0.6) is 0 Å². The molecule has 1 aromatic carbocycles. The van der Waals surface area contributed by atoms with Crippen LogP contribution < -0.4 is 5.76 Å². The summed E-state index contributed by atoms with van der Waals surface area (Å²) < 4.78 is 5.91. The van der Waals surface area contributed by atoms with E-state index in [1.165, 1.54) is 18.0 Å². The minimum atomic E-state index is -0.712. The SMILES string of the molecule is CC(C)c1ccc(C(=O)Cn2c(-c3ncccn3)noc2=O)c(C(C)C)c1. The highest BCUT2D eigenvalue weighted by Crippen LogP contribution is 2.25. The van der Waals surface area contributed by atoms with Gasteiger partial charge in [0.25, 0.3) is 0 Å². The highest BCUT2D eigenvalue weighted by atomic mass is 16.5. The first kappa shape index (κ1) is 18.7. The monoisotopic (exact) mass is 366 g/mol. The van der Waals surface area contributed by atoms with Gasteiger partial charge >= 0.3 is 5.76 Å². The van der Waals surface area contributed by atoms with Gasteiger partial charge in [0.15, 0.2) is 11.6 Å². The predicted molar refractivity (Wildman–Crippen MR) is 101 cm³/mol. The van der Waals surface area contributed by atoms with Crippen LogP contribution in [-0.4, -0.2) is 25.5 Å². The molecule has 2 aromatic heterocycles. The van der Waals surface area contributed by atoms with Crippen LogP contribution in [0.15, 0.2) is 46.0 Å². The van der Waals surface area contributed by atoms with Crippen LogP contribution in [0.1, 0.15) is 61.0 Å². The highest BCUT2D eigenvalue weighted by Gasteiger charge is 2.21. The number of carbonyl (C=O) groups excluding carboxylic acids is 1. The second-order valence-electron chi connectivity index (χ2n) is 7.01. The Morgan fingerprint density at radius 1 is 1.11 bits per heavy atom. The molecule has 3 aromatic rings. The standard InChI is InChI=1S/C20H22N4O3/c1-12(2)14-6-7-15(16(10-14)13(3)4)17(25)11-24-19(23-27-20(24)26)18-21-8-5-9-22-18/h5-10,12-13H,11H2,1-4H3. The Balaban J connectivity index is 1.98. The molecule has 0 radical (unpaired) electrons. The van der Waals surface area contributed by atoms with Gasteiger partial charge in [0, 0.05) is 18.0 Å². The van der Waals surface area contributed by atoms with Crippen molar-refractivity contribution in [2.75, 3.05) is 0 Å². The van der Waals surface area contributed by atoms with E-state index in [0.29, 0.717) is 11.5 Å². The molecule has 140 valence electrons. The first-order valence-corrected chi connectivity index (χ1v) is 8.89. The van der Waals surface area contributed by atoms with Crippen LogP contribution >= 0.6 is 0 Å². The lowest BCUT2D eigenvalue weighted by Gasteiger charge is -2.16. The third-order valence-corrected chi connectivity index (χ3v) is 4.42. The van der Waals surface area contributed by atoms with E-state index in [4.69, 9.17) is 4.52 Å². The third kappa shape index (κ3) is 3.86. The number of carbonyl (C=O) groups is 1. The molecule has 0 unspecified atom stereocenters. The number of rotatable bonds is 6. The average molecular weight is 366 g/mol. The van der Waals surface area contributed by atoms with Gasteiger partial charge in [-0.1, -0.05) is 51.1 Å². The van der Waals surface area contributed by atoms with E-state index < -0.39 is 5.76 Å². The van der Waals surface area contributed by atoms with Gasteiger partial charge in [-0.15, -0.1) is 0 Å². The van der Waals surface area contributed by atoms with Crippen LogP contribution in [0.4, 0.5) is 0 Å². The second-order valence-corrected chi connectivity index (χ2v) is 7.01. The van der Waals surface area contributed by atoms with Crippen molar-refractivity contribution < 1.29 is 9.32 Å². The van der Waals surface area contributed by atoms with E-state index in [2.05, 4.69) is 35.0 Å². The second kappa shape index (κ2) is 7.65. The Bertz CT molecular complexity index is 1000. The van der Waals surface area contributed by atoms with Crippen molar-refractivity contribution in [3.05, 3.63) is 63.9 Å². The first-order valence-electron chi connectivity index (χ1n) is 8.89. The molecule has 0 aliphatic heterocycles. The molecule has 0 aliphatic rings. The van der Waals surface area contributed by atoms with E-state index in [9.17, 15) is 9.59 Å². The average Bonchev–Trinajstić information content (AvgIpc) is 3.02. The van der Waals surface area contributed by atoms with Crippen LogP contribution in [-0.2, 0) is 6.54 Å². The quantitative estimate of drug-likeness (QED) is 0.621. The number of nitrogens with zero attached hydrogens (tertiary/aromatic N) is 4. The molecular weight excluding hydrogens is 344 g/mol. The Morgan fingerprint density at radius 3 is 2.44 bits per heavy atom. The fourth-order valence-corrected chi connectivity index (χ4v) is 2.88. The number of ketones is 1. The summed E-state index contributed by atoms with van der Waals surface area (Å²) in [6.07, 6.45) is 3.07. The molecule has 0 amide bonds. The zero-order valence-corrected chi connectivity index (χ0v) is 15.8. The van der Waals surface area contributed by atoms with Crippen LogP contribution in [0.3, 0.4) is 0 Å². The molecule has 0 bridgehead atoms. The van der Waals surface area contributed by atoms with Crippen LogP contribution in [0.25, 0.3) is 11.6 Å². The smallest absolute Gasteiger partial charge is 0.295 e. The van der Waals surface area contributed by atoms with E-state index in [1.807, 2.05) is 26.0 Å². The van der Waals surface area contributed by atoms with Gasteiger partial charge < -0.3 is 0 Å². The lowest BCUT2D eigenvalue weighted by Crippen LogP contribution is -2.22. The van der Waals surface area contributed by atoms with Gasteiger partial charge in [-0.2, -0.15) is 0 Å². The van der Waals surface area contributed by atoms with Crippen LogP contribution in [0.2, 0.25) is 0 Å². The molecular formula is C20H22N4O3. The topological polar surface area (TPSA) is 90.9 Å². The summed E-state index contributed by atoms with van der Waals surface area (Å²) in [6, 6.07) is 7.52. The number of aromatic nitrogens is 4. The predicted octanol–water partition coefficient (Wildman–Crippen LogP) is 3.42. The van der Waals surface area contributed by atoms with Gasteiger partial charge in [0.2, 0.25) is 5.82 Å². The maximum absolute atomic E-state index is 13.0. The zero-order valence-electron chi connectivity index (χ0n) is 15.8. The molecule has 0 aliphatic carbocycles. The molecule has 27 heavy (non-hydrogen) atoms. The summed E-state index contributed by atoms with van der Waals surface area (Å²) in [7, 11) is 0. The summed E-state index contributed by atoms with van der Waals surface area (Å²) >= 11 is 0. The molecule has 0 N–H and O–H groups in total. The minimum absolute atomic E-state index is 0.138. The fourth-order valence-electron chi connectivity index (χ4n) is 2.88. The maximum Gasteiger partial charge on any atom is 0.442 e. The van der Waals surface area contributed by atoms with E-state index in [-0.39, 0.29) is 29.9 Å². The molecule has 3 rings (SSSR count). The van der Waals surface area contributed by atoms with Crippen molar-refractivity contribution in [3.8, 4) is 11.6 Å². The van der Waals surface area contributed by atoms with Gasteiger partial charge in [-0.3, -0.25) is 9.32 Å². The molecule has 7 heteroatoms. The van der Waals surface area contributed by atoms with Crippen LogP contribution in [0, 0.1) is 0 Å². The zero-order chi connectivity index (χ0) is 19.6. The molecule has 0 saturated heterocycles. The summed E-state index contributed by atoms with van der Waals surface area (Å²) in [4.78, 5) is 33.2. The van der Waals surface area contributed by atoms with Crippen molar-refractivity contribution in [2.45, 2.75) is 46.1 Å². The molecule has 0 fully saturated rings. The van der Waals surface area contributed by atoms with Gasteiger partial charge in [0.05, 0.1) is 6.54 Å². The van der Waals surface area contributed by atoms with Gasteiger partial charge in [-0.05, 0) is 29.0 Å². The van der Waals surface area contributed by atoms with E-state index in [0.717, 1.165) is 10.1 Å². The molecule has 0 atom stereocenters. The van der Waals surface area contributed by atoms with E-state index >= 15 is 0 Å². The van der Waals surface area contributed by atoms with Crippen molar-refractivity contribution in [3.63, 3.8) is 0 Å². The number of hydrogen-bond donors (Lipinski definition) is 0. The van der Waals surface area contributed by atoms with Gasteiger partial charge in [-0.25, -0.2) is 19.3 Å². The van der Waals surface area contributed by atoms with E-state index in [1.54, 1.807) is 6.07 Å². The number of hydrogen-bond acceptors (Lipinski definition) is 6. The normalized spacial score (nSPS) is 11.3. The summed E-state index contributed by atoms with van der Waals surface area (Å²) in [5.41, 5.74) is 2.74. The summed E-state index contributed by atoms with van der Waals surface area (Å²) in [6.45, 7) is 8.14. The third-order valence-electron chi connectivity index (χ3n) is 4.42. The Labute approximate surface area is 157 Å². The summed E-state index contributed by atoms with van der Waals surface area (Å²) in [5, 5.41) is 3.73. The van der Waals surface area contributed by atoms with Gasteiger partial charge in [0.1, 0.15) is 0 Å². The molecule has 0 saturated carbocycles. The lowest BCUT2D eigenvalue weighted by molar-refractivity contribution is 0.0968. The van der Waals surface area contributed by atoms with Crippen molar-refractivity contribution >= 4 is 5.78 Å². The Kier molecular flexibility index (Phi) is 5.30. The summed E-state index contributed by atoms with van der Waals surface area (Å²) in [5.74, 6) is 0.0226. The van der Waals surface area contributed by atoms with Crippen molar-refractivity contribution in [1.82, 2.24) is 19.7 Å². The maximum atomic E-state index is 13.0. The minimum Gasteiger partial charge on any atom is -0.295 e. The molecule has 0 spiro atoms. The van der Waals surface area contributed by atoms with Crippen molar-refractivity contribution in [2.24, 2.45) is 0 Å². The first-order chi connectivity index (χ1) is 12.9. The molecule has 2 heterocycles. The number of Topliss-reactive ketones (excluding diaryl/α,β-unsaturated/α-hetero) is 1. The fraction of sp³-hybridized carbons (Fsp3) is 0.350. The highest BCUT2D eigenvalue weighted by molar-refractivity contribution is 5.97. The number of benzene rings is 1.